The quantitative estimate of drug-likeness (QED) is 0.645. The van der Waals surface area contributed by atoms with Crippen LogP contribution in [-0.2, 0) is 13.1 Å². The maximum Gasteiger partial charge on any atom is 0.165 e. The van der Waals surface area contributed by atoms with Crippen LogP contribution in [0.5, 0.6) is 11.5 Å². The van der Waals surface area contributed by atoms with Gasteiger partial charge in [0.05, 0.1) is 20.3 Å². The first kappa shape index (κ1) is 18.6. The minimum atomic E-state index is -0.209. The van der Waals surface area contributed by atoms with E-state index in [0.29, 0.717) is 6.54 Å². The third-order valence-corrected chi connectivity index (χ3v) is 5.38. The van der Waals surface area contributed by atoms with Crippen LogP contribution in [-0.4, -0.2) is 30.2 Å². The van der Waals surface area contributed by atoms with E-state index < -0.39 is 0 Å². The molecule has 1 aromatic heterocycles. The predicted molar refractivity (Wildman–Crippen MR) is 107 cm³/mol. The fourth-order valence-electron chi connectivity index (χ4n) is 4.17. The molecule has 146 valence electrons. The normalized spacial score (nSPS) is 17.0. The summed E-state index contributed by atoms with van der Waals surface area (Å²) in [5.41, 5.74) is 3.21. The molecule has 4 rings (SSSR count). The predicted octanol–water partition coefficient (Wildman–Crippen LogP) is 4.64. The Bertz CT molecular complexity index is 953. The lowest BCUT2D eigenvalue weighted by Crippen LogP contribution is -2.29. The highest BCUT2D eigenvalue weighted by Gasteiger charge is 2.28. The van der Waals surface area contributed by atoms with Gasteiger partial charge in [-0.3, -0.25) is 4.90 Å². The van der Waals surface area contributed by atoms with E-state index in [0.717, 1.165) is 42.1 Å². The second kappa shape index (κ2) is 8.07. The zero-order valence-corrected chi connectivity index (χ0v) is 16.3. The molecule has 0 saturated heterocycles. The Labute approximate surface area is 165 Å². The number of methoxy groups -OCH3 is 2. The maximum absolute atomic E-state index is 14.0. The Morgan fingerprint density at radius 1 is 1.00 bits per heavy atom. The van der Waals surface area contributed by atoms with Crippen LogP contribution in [0.2, 0.25) is 0 Å². The number of aryl methyl sites for hydroxylation is 1. The van der Waals surface area contributed by atoms with Crippen molar-refractivity contribution in [3.63, 3.8) is 0 Å². The zero-order valence-electron chi connectivity index (χ0n) is 16.3. The number of benzene rings is 2. The molecule has 1 atom stereocenters. The minimum absolute atomic E-state index is 0.0240. The number of aromatic nitrogens is 1. The average Bonchev–Trinajstić information content (AvgIpc) is 3.09. The number of hydrogen-bond donors (Lipinski definition) is 0. The van der Waals surface area contributed by atoms with E-state index in [9.17, 15) is 4.39 Å². The highest BCUT2D eigenvalue weighted by molar-refractivity contribution is 5.46. The van der Waals surface area contributed by atoms with Crippen LogP contribution in [0.15, 0.2) is 60.8 Å². The van der Waals surface area contributed by atoms with Crippen molar-refractivity contribution in [3.8, 4) is 11.5 Å². The second-order valence-electron chi connectivity index (χ2n) is 7.06. The summed E-state index contributed by atoms with van der Waals surface area (Å²) in [6.45, 7) is 2.55. The van der Waals surface area contributed by atoms with E-state index in [1.807, 2.05) is 18.2 Å². The number of halogens is 1. The molecule has 1 unspecified atom stereocenters. The van der Waals surface area contributed by atoms with Gasteiger partial charge in [-0.25, -0.2) is 4.39 Å². The van der Waals surface area contributed by atoms with Gasteiger partial charge in [0.2, 0.25) is 0 Å². The Morgan fingerprint density at radius 2 is 1.86 bits per heavy atom. The molecule has 1 aliphatic heterocycles. The molecule has 0 fully saturated rings. The topological polar surface area (TPSA) is 26.6 Å². The molecule has 0 spiro atoms. The van der Waals surface area contributed by atoms with Crippen molar-refractivity contribution >= 4 is 0 Å². The fourth-order valence-corrected chi connectivity index (χ4v) is 4.17. The highest BCUT2D eigenvalue weighted by atomic mass is 19.1. The lowest BCUT2D eigenvalue weighted by Gasteiger charge is -2.31. The summed E-state index contributed by atoms with van der Waals surface area (Å²) in [5, 5.41) is 0. The van der Waals surface area contributed by atoms with Gasteiger partial charge in [0, 0.05) is 37.1 Å². The highest BCUT2D eigenvalue weighted by Crippen LogP contribution is 2.37. The van der Waals surface area contributed by atoms with Crippen LogP contribution in [0.3, 0.4) is 0 Å². The first-order valence-corrected chi connectivity index (χ1v) is 9.55. The van der Waals surface area contributed by atoms with Crippen molar-refractivity contribution in [2.75, 3.05) is 20.8 Å². The lowest BCUT2D eigenvalue weighted by atomic mass is 10.0. The fraction of sp³-hybridized carbons (Fsp3) is 0.304. The van der Waals surface area contributed by atoms with Crippen LogP contribution in [0.4, 0.5) is 4.39 Å². The van der Waals surface area contributed by atoms with Crippen molar-refractivity contribution in [1.29, 1.82) is 0 Å². The summed E-state index contributed by atoms with van der Waals surface area (Å²) in [6.07, 6.45) is 3.14. The molecule has 4 nitrogen and oxygen atoms in total. The Morgan fingerprint density at radius 3 is 2.64 bits per heavy atom. The van der Waals surface area contributed by atoms with Crippen molar-refractivity contribution < 1.29 is 13.9 Å². The molecular formula is C23H25FN2O2. The molecule has 3 aromatic rings. The minimum Gasteiger partial charge on any atom is -0.493 e. The van der Waals surface area contributed by atoms with Crippen LogP contribution in [0.1, 0.15) is 29.3 Å². The summed E-state index contributed by atoms with van der Waals surface area (Å²) in [7, 11) is 3.31. The molecule has 0 bridgehead atoms. The van der Waals surface area contributed by atoms with E-state index in [-0.39, 0.29) is 11.9 Å². The van der Waals surface area contributed by atoms with Crippen molar-refractivity contribution in [3.05, 3.63) is 83.4 Å². The SMILES string of the molecule is COc1cccc(CN2CCCn3cccc3C2c2cccc(F)c2)c1OC. The van der Waals surface area contributed by atoms with Gasteiger partial charge in [-0.1, -0.05) is 24.3 Å². The summed E-state index contributed by atoms with van der Waals surface area (Å²) in [5.74, 6) is 1.27. The molecule has 2 aromatic carbocycles. The molecule has 0 aliphatic carbocycles. The number of ether oxygens (including phenoxy) is 2. The van der Waals surface area contributed by atoms with Crippen LogP contribution in [0.25, 0.3) is 0 Å². The van der Waals surface area contributed by atoms with Crippen LogP contribution in [0, 0.1) is 5.82 Å². The van der Waals surface area contributed by atoms with E-state index in [1.165, 1.54) is 11.8 Å². The molecule has 0 amide bonds. The molecule has 28 heavy (non-hydrogen) atoms. The number of rotatable bonds is 5. The molecule has 5 heteroatoms. The summed E-state index contributed by atoms with van der Waals surface area (Å²) in [4.78, 5) is 2.39. The number of hydrogen-bond acceptors (Lipinski definition) is 3. The largest absolute Gasteiger partial charge is 0.493 e. The maximum atomic E-state index is 14.0. The van der Waals surface area contributed by atoms with Gasteiger partial charge in [-0.05, 0) is 42.3 Å². The Balaban J connectivity index is 1.76. The van der Waals surface area contributed by atoms with Crippen molar-refractivity contribution in [1.82, 2.24) is 9.47 Å². The van der Waals surface area contributed by atoms with E-state index in [1.54, 1.807) is 26.4 Å². The standard InChI is InChI=1S/C23H25FN2O2/c1-27-21-11-4-8-18(23(21)28-2)16-26-14-6-13-25-12-5-10-20(25)22(26)17-7-3-9-19(24)15-17/h3-5,7-12,15,22H,6,13-14,16H2,1-2H3. The van der Waals surface area contributed by atoms with Gasteiger partial charge < -0.3 is 14.0 Å². The van der Waals surface area contributed by atoms with Gasteiger partial charge in [-0.15, -0.1) is 0 Å². The third-order valence-electron chi connectivity index (χ3n) is 5.38. The molecule has 0 radical (unpaired) electrons. The second-order valence-corrected chi connectivity index (χ2v) is 7.06. The van der Waals surface area contributed by atoms with Crippen LogP contribution < -0.4 is 9.47 Å². The Hall–Kier alpha value is -2.79. The van der Waals surface area contributed by atoms with Crippen LogP contribution >= 0.6 is 0 Å². The first-order chi connectivity index (χ1) is 13.7. The Kier molecular flexibility index (Phi) is 5.35. The molecule has 0 saturated carbocycles. The van der Waals surface area contributed by atoms with Gasteiger partial charge in [-0.2, -0.15) is 0 Å². The molecule has 0 N–H and O–H groups in total. The first-order valence-electron chi connectivity index (χ1n) is 9.55. The molecule has 2 heterocycles. The van der Waals surface area contributed by atoms with Gasteiger partial charge in [0.15, 0.2) is 11.5 Å². The number of para-hydroxylation sites is 1. The van der Waals surface area contributed by atoms with Gasteiger partial charge in [0.25, 0.3) is 0 Å². The average molecular weight is 380 g/mol. The monoisotopic (exact) mass is 380 g/mol. The number of nitrogens with zero attached hydrogens (tertiary/aromatic N) is 2. The summed E-state index contributed by atoms with van der Waals surface area (Å²) < 4.78 is 27.4. The van der Waals surface area contributed by atoms with E-state index >= 15 is 0 Å². The zero-order chi connectivity index (χ0) is 19.5. The number of fused-ring (bicyclic) bond motifs is 1. The molecular weight excluding hydrogens is 355 g/mol. The van der Waals surface area contributed by atoms with E-state index in [2.05, 4.69) is 33.9 Å². The van der Waals surface area contributed by atoms with E-state index in [4.69, 9.17) is 9.47 Å². The lowest BCUT2D eigenvalue weighted by molar-refractivity contribution is 0.216. The summed E-state index contributed by atoms with van der Waals surface area (Å²) >= 11 is 0. The smallest absolute Gasteiger partial charge is 0.165 e. The van der Waals surface area contributed by atoms with Crippen molar-refractivity contribution in [2.24, 2.45) is 0 Å². The van der Waals surface area contributed by atoms with Crippen molar-refractivity contribution in [2.45, 2.75) is 25.6 Å². The summed E-state index contributed by atoms with van der Waals surface area (Å²) in [6, 6.07) is 17.1. The molecule has 1 aliphatic rings. The third kappa shape index (κ3) is 3.50. The van der Waals surface area contributed by atoms with Gasteiger partial charge >= 0.3 is 0 Å². The van der Waals surface area contributed by atoms with Gasteiger partial charge in [0.1, 0.15) is 5.82 Å².